The van der Waals surface area contributed by atoms with Crippen molar-refractivity contribution in [2.24, 2.45) is 0 Å². The molecular formula is C28H61Sb. The van der Waals surface area contributed by atoms with E-state index in [2.05, 4.69) is 27.7 Å². The second-order valence-electron chi connectivity index (χ2n) is 10.2. The Hall–Kier alpha value is 0.818. The molecule has 0 atom stereocenters. The van der Waals surface area contributed by atoms with Gasteiger partial charge in [-0.1, -0.05) is 0 Å². The molecule has 0 aromatic rings. The van der Waals surface area contributed by atoms with Crippen LogP contribution in [0.15, 0.2) is 0 Å². The minimum atomic E-state index is -1.92. The maximum absolute atomic E-state index is 2.35. The van der Waals surface area contributed by atoms with Crippen molar-refractivity contribution in [3.8, 4) is 0 Å². The van der Waals surface area contributed by atoms with Gasteiger partial charge in [0, 0.05) is 0 Å². The van der Waals surface area contributed by atoms with Crippen LogP contribution in [0, 0.1) is 0 Å². The van der Waals surface area contributed by atoms with Crippen molar-refractivity contribution in [3.63, 3.8) is 0 Å². The van der Waals surface area contributed by atoms with E-state index in [1.807, 2.05) is 0 Å². The van der Waals surface area contributed by atoms with E-state index in [-0.39, 0.29) is 0 Å². The Morgan fingerprint density at radius 3 is 0.690 bits per heavy atom. The molecule has 0 amide bonds. The van der Waals surface area contributed by atoms with Crippen LogP contribution in [0.3, 0.4) is 0 Å². The summed E-state index contributed by atoms with van der Waals surface area (Å²) in [4.78, 5) is 0. The average Bonchev–Trinajstić information content (AvgIpc) is 2.73. The molecule has 0 N–H and O–H groups in total. The van der Waals surface area contributed by atoms with Crippen LogP contribution in [0.1, 0.15) is 156 Å². The van der Waals surface area contributed by atoms with Gasteiger partial charge in [-0.2, -0.15) is 0 Å². The predicted molar refractivity (Wildman–Crippen MR) is 141 cm³/mol. The van der Waals surface area contributed by atoms with Crippen LogP contribution in [-0.2, 0) is 0 Å². The minimum absolute atomic E-state index is 1.39. The van der Waals surface area contributed by atoms with Gasteiger partial charge in [-0.25, -0.2) is 0 Å². The fourth-order valence-electron chi connectivity index (χ4n) is 5.16. The van der Waals surface area contributed by atoms with Gasteiger partial charge in [-0.15, -0.1) is 0 Å². The first-order valence-corrected chi connectivity index (χ1v) is 22.3. The van der Waals surface area contributed by atoms with Gasteiger partial charge in [0.25, 0.3) is 0 Å². The van der Waals surface area contributed by atoms with Crippen LogP contribution in [0.25, 0.3) is 0 Å². The second kappa shape index (κ2) is 23.5. The fourth-order valence-corrected chi connectivity index (χ4v) is 20.9. The molecule has 0 aliphatic carbocycles. The number of rotatable bonds is 24. The summed E-state index contributed by atoms with van der Waals surface area (Å²) in [5.74, 6) is 0. The van der Waals surface area contributed by atoms with Gasteiger partial charge in [0.2, 0.25) is 0 Å². The summed E-state index contributed by atoms with van der Waals surface area (Å²) in [7, 11) is 0. The Labute approximate surface area is 191 Å². The topological polar surface area (TPSA) is 0 Å². The standard InChI is InChI=1S/4C7H15.Sb.H/c4*1-3-5-7-6-4-2;;/h4*1,3-7H2,2H3;;. The SMILES string of the molecule is CCCCCC[CH2][SbH]([CH2]CCCCCC)([CH2]CCCCCC)[CH2]CCCCCC. The van der Waals surface area contributed by atoms with Crippen molar-refractivity contribution in [1.29, 1.82) is 0 Å². The first-order valence-electron chi connectivity index (χ1n) is 14.2. The molecule has 0 saturated carbocycles. The molecule has 0 aliphatic heterocycles. The molecule has 0 aromatic heterocycles. The molecular weight excluding hydrogens is 458 g/mol. The van der Waals surface area contributed by atoms with Crippen LogP contribution in [0.2, 0.25) is 17.5 Å². The van der Waals surface area contributed by atoms with E-state index in [1.165, 1.54) is 103 Å². The normalized spacial score (nSPS) is 12.6. The molecule has 0 aromatic carbocycles. The van der Waals surface area contributed by atoms with Gasteiger partial charge >= 0.3 is 192 Å². The van der Waals surface area contributed by atoms with Crippen molar-refractivity contribution in [3.05, 3.63) is 0 Å². The molecule has 0 unspecified atom stereocenters. The first-order chi connectivity index (χ1) is 14.2. The van der Waals surface area contributed by atoms with Crippen molar-refractivity contribution in [2.45, 2.75) is 174 Å². The summed E-state index contributed by atoms with van der Waals surface area (Å²) in [5.41, 5.74) is 0. The number of hydrogen-bond acceptors (Lipinski definition) is 0. The van der Waals surface area contributed by atoms with Gasteiger partial charge < -0.3 is 0 Å². The molecule has 0 spiro atoms. The summed E-state index contributed by atoms with van der Waals surface area (Å²) in [6.07, 6.45) is 29.9. The fraction of sp³-hybridized carbons (Fsp3) is 1.00. The van der Waals surface area contributed by atoms with Crippen LogP contribution in [0.4, 0.5) is 0 Å². The summed E-state index contributed by atoms with van der Waals surface area (Å²) in [6.45, 7) is 9.41. The van der Waals surface area contributed by atoms with Crippen molar-refractivity contribution >= 4 is 18.8 Å². The quantitative estimate of drug-likeness (QED) is 0.0879. The predicted octanol–water partition coefficient (Wildman–Crippen LogP) is 11.0. The van der Waals surface area contributed by atoms with E-state index in [0.717, 1.165) is 0 Å². The molecule has 0 rings (SSSR count). The molecule has 0 saturated heterocycles. The van der Waals surface area contributed by atoms with E-state index in [4.69, 9.17) is 0 Å². The summed E-state index contributed by atoms with van der Waals surface area (Å²) >= 11 is -1.92. The van der Waals surface area contributed by atoms with Crippen LogP contribution >= 0.6 is 0 Å². The zero-order valence-electron chi connectivity index (χ0n) is 21.5. The monoisotopic (exact) mass is 518 g/mol. The first kappa shape index (κ1) is 29.8. The zero-order chi connectivity index (χ0) is 21.5. The third-order valence-electron chi connectivity index (χ3n) is 7.24. The van der Waals surface area contributed by atoms with Crippen molar-refractivity contribution in [1.82, 2.24) is 0 Å². The molecule has 0 radical (unpaired) electrons. The Balaban J connectivity index is 4.69. The van der Waals surface area contributed by atoms with Crippen LogP contribution in [-0.4, -0.2) is 18.8 Å². The van der Waals surface area contributed by atoms with E-state index in [9.17, 15) is 0 Å². The molecule has 29 heavy (non-hydrogen) atoms. The molecule has 0 nitrogen and oxygen atoms in total. The van der Waals surface area contributed by atoms with Gasteiger partial charge in [0.15, 0.2) is 0 Å². The molecule has 0 fully saturated rings. The second-order valence-corrected chi connectivity index (χ2v) is 24.4. The van der Waals surface area contributed by atoms with Crippen molar-refractivity contribution in [2.75, 3.05) is 0 Å². The Bertz CT molecular complexity index is 237. The van der Waals surface area contributed by atoms with Gasteiger partial charge in [0.05, 0.1) is 0 Å². The Kier molecular flexibility index (Phi) is 24.1. The van der Waals surface area contributed by atoms with Crippen molar-refractivity contribution < 1.29 is 0 Å². The maximum atomic E-state index is 2.35. The summed E-state index contributed by atoms with van der Waals surface area (Å²) < 4.78 is 6.98. The molecule has 1 heteroatoms. The number of unbranched alkanes of at least 4 members (excludes halogenated alkanes) is 16. The van der Waals surface area contributed by atoms with E-state index in [0.29, 0.717) is 0 Å². The average molecular weight is 520 g/mol. The van der Waals surface area contributed by atoms with Crippen LogP contribution < -0.4 is 0 Å². The van der Waals surface area contributed by atoms with Gasteiger partial charge in [-0.05, 0) is 0 Å². The van der Waals surface area contributed by atoms with Crippen LogP contribution in [0.5, 0.6) is 0 Å². The Morgan fingerprint density at radius 2 is 0.483 bits per heavy atom. The number of hydrogen-bond donors (Lipinski definition) is 0. The molecule has 0 heterocycles. The molecule has 178 valence electrons. The zero-order valence-corrected chi connectivity index (χ0v) is 24.3. The molecule has 0 bridgehead atoms. The summed E-state index contributed by atoms with van der Waals surface area (Å²) in [6, 6.07) is 0. The molecule has 0 aliphatic rings. The van der Waals surface area contributed by atoms with E-state index < -0.39 is 18.8 Å². The van der Waals surface area contributed by atoms with Gasteiger partial charge in [-0.3, -0.25) is 0 Å². The summed E-state index contributed by atoms with van der Waals surface area (Å²) in [5, 5.41) is 0. The van der Waals surface area contributed by atoms with Gasteiger partial charge in [0.1, 0.15) is 0 Å². The van der Waals surface area contributed by atoms with E-state index in [1.54, 1.807) is 43.2 Å². The third-order valence-corrected chi connectivity index (χ3v) is 23.4. The Morgan fingerprint density at radius 1 is 0.276 bits per heavy atom. The third kappa shape index (κ3) is 19.2. The van der Waals surface area contributed by atoms with E-state index >= 15 is 0 Å².